The van der Waals surface area contributed by atoms with Crippen LogP contribution in [-0.4, -0.2) is 57.6 Å². The quantitative estimate of drug-likeness (QED) is 0.514. The van der Waals surface area contributed by atoms with E-state index < -0.39 is 0 Å². The lowest BCUT2D eigenvalue weighted by Gasteiger charge is -2.18. The monoisotopic (exact) mass is 309 g/mol. The Morgan fingerprint density at radius 2 is 1.91 bits per heavy atom. The third-order valence-corrected chi connectivity index (χ3v) is 3.19. The van der Waals surface area contributed by atoms with Crippen LogP contribution >= 0.6 is 0 Å². The molecule has 22 heavy (non-hydrogen) atoms. The number of hydrogen-bond donors (Lipinski definition) is 0. The fourth-order valence-corrected chi connectivity index (χ4v) is 1.83. The number of Topliss-reactive ketones (excluding diaryl/α,β-unsaturated/α-hetero) is 1. The van der Waals surface area contributed by atoms with Gasteiger partial charge in [-0.2, -0.15) is 0 Å². The Labute approximate surface area is 131 Å². The van der Waals surface area contributed by atoms with Crippen LogP contribution < -0.4 is 9.47 Å². The van der Waals surface area contributed by atoms with Crippen molar-refractivity contribution in [3.8, 4) is 11.5 Å². The number of ether oxygens (including phenoxy) is 3. The normalized spacial score (nSPS) is 10.2. The maximum atomic E-state index is 12.0. The van der Waals surface area contributed by atoms with Crippen LogP contribution in [0.25, 0.3) is 0 Å². The lowest BCUT2D eigenvalue weighted by molar-refractivity contribution is -0.132. The standard InChI is InChI=1S/C16H23NO5/c1-12(18)13-6-7-14(15(10-13)21-4)22-11-16(19)17(2)8-5-9-20-3/h6-7,10H,5,8-9,11H2,1-4H3. The van der Waals surface area contributed by atoms with E-state index in [2.05, 4.69) is 0 Å². The van der Waals surface area contributed by atoms with Gasteiger partial charge in [-0.1, -0.05) is 0 Å². The molecular weight excluding hydrogens is 286 g/mol. The number of benzene rings is 1. The lowest BCUT2D eigenvalue weighted by Crippen LogP contribution is -2.32. The average Bonchev–Trinajstić information content (AvgIpc) is 2.52. The van der Waals surface area contributed by atoms with Crippen LogP contribution in [-0.2, 0) is 9.53 Å². The van der Waals surface area contributed by atoms with Crippen molar-refractivity contribution in [1.29, 1.82) is 0 Å². The number of carbonyl (C=O) groups excluding carboxylic acids is 2. The molecule has 0 radical (unpaired) electrons. The summed E-state index contributed by atoms with van der Waals surface area (Å²) in [6.45, 7) is 2.61. The largest absolute Gasteiger partial charge is 0.493 e. The maximum absolute atomic E-state index is 12.0. The minimum absolute atomic E-state index is 0.0567. The second-order valence-electron chi connectivity index (χ2n) is 4.87. The Kier molecular flexibility index (Phi) is 7.39. The van der Waals surface area contributed by atoms with Crippen molar-refractivity contribution >= 4 is 11.7 Å². The minimum Gasteiger partial charge on any atom is -0.493 e. The van der Waals surface area contributed by atoms with E-state index in [-0.39, 0.29) is 18.3 Å². The molecule has 122 valence electrons. The Balaban J connectivity index is 2.60. The molecule has 6 heteroatoms. The third-order valence-electron chi connectivity index (χ3n) is 3.19. The molecule has 0 spiro atoms. The Morgan fingerprint density at radius 3 is 2.50 bits per heavy atom. The molecule has 0 bridgehead atoms. The van der Waals surface area contributed by atoms with Crippen molar-refractivity contribution in [2.75, 3.05) is 41.0 Å². The van der Waals surface area contributed by atoms with E-state index in [0.29, 0.717) is 30.2 Å². The van der Waals surface area contributed by atoms with Crippen LogP contribution in [0.1, 0.15) is 23.7 Å². The first kappa shape index (κ1) is 18.0. The number of likely N-dealkylation sites (N-methyl/N-ethyl adjacent to an activating group) is 1. The zero-order chi connectivity index (χ0) is 16.5. The van der Waals surface area contributed by atoms with Crippen molar-refractivity contribution in [2.45, 2.75) is 13.3 Å². The highest BCUT2D eigenvalue weighted by Crippen LogP contribution is 2.28. The second kappa shape index (κ2) is 9.04. The van der Waals surface area contributed by atoms with E-state index in [1.54, 1.807) is 37.3 Å². The van der Waals surface area contributed by atoms with E-state index in [1.165, 1.54) is 14.0 Å². The topological polar surface area (TPSA) is 65.1 Å². The molecule has 1 rings (SSSR count). The molecule has 0 fully saturated rings. The summed E-state index contributed by atoms with van der Waals surface area (Å²) in [5.41, 5.74) is 0.534. The van der Waals surface area contributed by atoms with E-state index in [0.717, 1.165) is 6.42 Å². The number of hydrogen-bond acceptors (Lipinski definition) is 5. The molecule has 0 saturated heterocycles. The molecule has 0 heterocycles. The molecule has 0 N–H and O–H groups in total. The number of nitrogens with zero attached hydrogens (tertiary/aromatic N) is 1. The number of carbonyl (C=O) groups is 2. The van der Waals surface area contributed by atoms with Gasteiger partial charge in [0.2, 0.25) is 0 Å². The van der Waals surface area contributed by atoms with Gasteiger partial charge in [0, 0.05) is 32.9 Å². The first-order valence-corrected chi connectivity index (χ1v) is 7.04. The Morgan fingerprint density at radius 1 is 1.18 bits per heavy atom. The van der Waals surface area contributed by atoms with Crippen molar-refractivity contribution < 1.29 is 23.8 Å². The van der Waals surface area contributed by atoms with Gasteiger partial charge in [0.1, 0.15) is 0 Å². The zero-order valence-corrected chi connectivity index (χ0v) is 13.5. The zero-order valence-electron chi connectivity index (χ0n) is 13.5. The van der Waals surface area contributed by atoms with Gasteiger partial charge < -0.3 is 19.1 Å². The van der Waals surface area contributed by atoms with E-state index >= 15 is 0 Å². The van der Waals surface area contributed by atoms with Crippen LogP contribution in [0, 0.1) is 0 Å². The number of rotatable bonds is 9. The summed E-state index contributed by atoms with van der Waals surface area (Å²) in [7, 11) is 4.84. The molecule has 0 aromatic heterocycles. The van der Waals surface area contributed by atoms with E-state index in [4.69, 9.17) is 14.2 Å². The Hall–Kier alpha value is -2.08. The van der Waals surface area contributed by atoms with Crippen LogP contribution in [0.5, 0.6) is 11.5 Å². The molecule has 1 aromatic carbocycles. The molecular formula is C16H23NO5. The van der Waals surface area contributed by atoms with Gasteiger partial charge in [0.25, 0.3) is 5.91 Å². The summed E-state index contributed by atoms with van der Waals surface area (Å²) in [6.07, 6.45) is 0.773. The van der Waals surface area contributed by atoms with Crippen molar-refractivity contribution in [3.05, 3.63) is 23.8 Å². The Bertz CT molecular complexity index is 515. The highest BCUT2D eigenvalue weighted by Gasteiger charge is 2.12. The summed E-state index contributed by atoms with van der Waals surface area (Å²) in [6, 6.07) is 4.88. The maximum Gasteiger partial charge on any atom is 0.260 e. The SMILES string of the molecule is COCCCN(C)C(=O)COc1ccc(C(C)=O)cc1OC. The van der Waals surface area contributed by atoms with Crippen molar-refractivity contribution in [1.82, 2.24) is 4.90 Å². The van der Waals surface area contributed by atoms with Crippen molar-refractivity contribution in [2.24, 2.45) is 0 Å². The minimum atomic E-state index is -0.131. The molecule has 6 nitrogen and oxygen atoms in total. The molecule has 0 saturated carbocycles. The van der Waals surface area contributed by atoms with Gasteiger partial charge >= 0.3 is 0 Å². The molecule has 0 unspecified atom stereocenters. The van der Waals surface area contributed by atoms with Crippen molar-refractivity contribution in [3.63, 3.8) is 0 Å². The smallest absolute Gasteiger partial charge is 0.260 e. The molecule has 0 aliphatic carbocycles. The first-order valence-electron chi connectivity index (χ1n) is 7.04. The fourth-order valence-electron chi connectivity index (χ4n) is 1.83. The van der Waals surface area contributed by atoms with Gasteiger partial charge in [-0.05, 0) is 31.5 Å². The molecule has 1 amide bonds. The highest BCUT2D eigenvalue weighted by atomic mass is 16.5. The van der Waals surface area contributed by atoms with Crippen LogP contribution in [0.4, 0.5) is 0 Å². The summed E-state index contributed by atoms with van der Waals surface area (Å²) in [4.78, 5) is 24.9. The predicted molar refractivity (Wildman–Crippen MR) is 82.6 cm³/mol. The summed E-state index contributed by atoms with van der Waals surface area (Å²) in [5.74, 6) is 0.682. The summed E-state index contributed by atoms with van der Waals surface area (Å²) < 4.78 is 15.6. The third kappa shape index (κ3) is 5.37. The number of ketones is 1. The van der Waals surface area contributed by atoms with Gasteiger partial charge in [-0.3, -0.25) is 9.59 Å². The fraction of sp³-hybridized carbons (Fsp3) is 0.500. The number of methoxy groups -OCH3 is 2. The van der Waals surface area contributed by atoms with Gasteiger partial charge in [-0.15, -0.1) is 0 Å². The lowest BCUT2D eigenvalue weighted by atomic mass is 10.1. The predicted octanol–water partition coefficient (Wildman–Crippen LogP) is 1.77. The molecule has 0 aliphatic heterocycles. The number of amides is 1. The average molecular weight is 309 g/mol. The van der Waals surface area contributed by atoms with Gasteiger partial charge in [0.15, 0.2) is 23.9 Å². The van der Waals surface area contributed by atoms with E-state index in [9.17, 15) is 9.59 Å². The second-order valence-corrected chi connectivity index (χ2v) is 4.87. The first-order chi connectivity index (χ1) is 10.5. The van der Waals surface area contributed by atoms with E-state index in [1.807, 2.05) is 0 Å². The van der Waals surface area contributed by atoms with Crippen LogP contribution in [0.2, 0.25) is 0 Å². The highest BCUT2D eigenvalue weighted by molar-refractivity contribution is 5.94. The summed E-state index contributed by atoms with van der Waals surface area (Å²) >= 11 is 0. The molecule has 0 atom stereocenters. The van der Waals surface area contributed by atoms with Crippen LogP contribution in [0.3, 0.4) is 0 Å². The van der Waals surface area contributed by atoms with Gasteiger partial charge in [0.05, 0.1) is 7.11 Å². The van der Waals surface area contributed by atoms with Crippen LogP contribution in [0.15, 0.2) is 18.2 Å². The molecule has 0 aliphatic rings. The summed E-state index contributed by atoms with van der Waals surface area (Å²) in [5, 5.41) is 0. The molecule has 1 aromatic rings. The van der Waals surface area contributed by atoms with Gasteiger partial charge in [-0.25, -0.2) is 0 Å².